The van der Waals surface area contributed by atoms with Gasteiger partial charge < -0.3 is 10.2 Å². The monoisotopic (exact) mass is 588 g/mol. The predicted molar refractivity (Wildman–Crippen MR) is 137 cm³/mol. The number of nitrogens with one attached hydrogen (secondary N) is 1. The van der Waals surface area contributed by atoms with Crippen molar-refractivity contribution < 1.29 is 37.4 Å². The van der Waals surface area contributed by atoms with Gasteiger partial charge in [-0.15, -0.1) is 0 Å². The fourth-order valence-corrected chi connectivity index (χ4v) is 3.94. The highest BCUT2D eigenvalue weighted by Crippen LogP contribution is 2.23. The van der Waals surface area contributed by atoms with Gasteiger partial charge in [-0.3, -0.25) is 20.1 Å². The Labute approximate surface area is 233 Å². The van der Waals surface area contributed by atoms with Gasteiger partial charge in [0.1, 0.15) is 16.9 Å². The van der Waals surface area contributed by atoms with Crippen LogP contribution in [-0.2, 0) is 11.3 Å². The molecule has 3 rings (SSSR count). The summed E-state index contributed by atoms with van der Waals surface area (Å²) in [7, 11) is 0. The van der Waals surface area contributed by atoms with Crippen LogP contribution in [0.5, 0.6) is 0 Å². The molecule has 0 radical (unpaired) electrons. The highest BCUT2D eigenvalue weighted by atomic mass is 35.5. The number of aliphatic hydroxyl groups is 1. The Hall–Kier alpha value is -3.54. The molecule has 1 aromatic carbocycles. The normalized spacial score (nSPS) is 14.2. The van der Waals surface area contributed by atoms with E-state index >= 15 is 0 Å². The summed E-state index contributed by atoms with van der Waals surface area (Å²) in [6, 6.07) is 6.15. The first-order chi connectivity index (χ1) is 18.7. The number of halogens is 5. The number of benzene rings is 1. The number of nitrogens with zero attached hydrogens (tertiary/aromatic N) is 5. The first-order valence-electron chi connectivity index (χ1n) is 12.2. The summed E-state index contributed by atoms with van der Waals surface area (Å²) in [6.45, 7) is 6.44. The maximum atomic E-state index is 14.5. The number of carboxylic acids is 1. The molecule has 10 nitrogen and oxygen atoms in total. The Morgan fingerprint density at radius 3 is 2.45 bits per heavy atom. The fraction of sp³-hybridized carbons (Fsp3) is 0.480. The molecule has 218 valence electrons. The van der Waals surface area contributed by atoms with Gasteiger partial charge in [0.25, 0.3) is 5.91 Å². The van der Waals surface area contributed by atoms with E-state index in [2.05, 4.69) is 20.3 Å². The molecule has 0 atom stereocenters. The number of carbonyl (C=O) groups is 2. The van der Waals surface area contributed by atoms with Gasteiger partial charge in [-0.25, -0.2) is 14.2 Å². The van der Waals surface area contributed by atoms with Crippen LogP contribution in [0.1, 0.15) is 48.4 Å². The molecule has 0 spiro atoms. The summed E-state index contributed by atoms with van der Waals surface area (Å²) >= 11 is 6.24. The molecule has 1 saturated heterocycles. The number of hydrogen-bond acceptors (Lipinski definition) is 8. The van der Waals surface area contributed by atoms with E-state index in [0.29, 0.717) is 30.1 Å². The third-order valence-corrected chi connectivity index (χ3v) is 6.04. The number of alkyl halides is 3. The number of anilines is 1. The fourth-order valence-electron chi connectivity index (χ4n) is 3.74. The number of aliphatic carboxylic acids is 1. The van der Waals surface area contributed by atoms with Gasteiger partial charge in [0.05, 0.1) is 6.20 Å². The average molecular weight is 589 g/mol. The average Bonchev–Trinajstić information content (AvgIpc) is 2.89. The third kappa shape index (κ3) is 9.89. The number of hydrazine groups is 1. The molecule has 0 saturated carbocycles. The summed E-state index contributed by atoms with van der Waals surface area (Å²) in [5.74, 6) is -2.97. The van der Waals surface area contributed by atoms with Crippen LogP contribution in [0.2, 0.25) is 5.02 Å². The Kier molecular flexibility index (Phi) is 12.0. The molecular weight excluding hydrogens is 560 g/mol. The van der Waals surface area contributed by atoms with E-state index in [9.17, 15) is 27.5 Å². The third-order valence-electron chi connectivity index (χ3n) is 5.78. The minimum atomic E-state index is -5.08. The van der Waals surface area contributed by atoms with Crippen molar-refractivity contribution in [1.29, 1.82) is 5.26 Å². The van der Waals surface area contributed by atoms with Crippen LogP contribution in [-0.4, -0.2) is 69.4 Å². The molecule has 40 heavy (non-hydrogen) atoms. The zero-order valence-corrected chi connectivity index (χ0v) is 22.5. The van der Waals surface area contributed by atoms with Crippen molar-refractivity contribution in [2.45, 2.75) is 39.4 Å². The Morgan fingerprint density at radius 1 is 1.30 bits per heavy atom. The number of piperidine rings is 1. The van der Waals surface area contributed by atoms with Crippen molar-refractivity contribution in [2.75, 3.05) is 31.3 Å². The highest BCUT2D eigenvalue weighted by molar-refractivity contribution is 6.32. The molecule has 0 bridgehead atoms. The molecule has 0 unspecified atom stereocenters. The lowest BCUT2D eigenvalue weighted by atomic mass is 9.97. The zero-order chi connectivity index (χ0) is 30.0. The maximum Gasteiger partial charge on any atom is 0.490 e. The minimum absolute atomic E-state index is 0.0635. The molecule has 1 aliphatic heterocycles. The van der Waals surface area contributed by atoms with Crippen LogP contribution in [0.25, 0.3) is 0 Å². The highest BCUT2D eigenvalue weighted by Gasteiger charge is 2.38. The number of amides is 1. The second-order valence-corrected chi connectivity index (χ2v) is 9.84. The van der Waals surface area contributed by atoms with E-state index in [1.165, 1.54) is 23.3 Å². The quantitative estimate of drug-likeness (QED) is 0.310. The van der Waals surface area contributed by atoms with Crippen molar-refractivity contribution >= 4 is 29.3 Å². The van der Waals surface area contributed by atoms with Crippen LogP contribution in [0.3, 0.4) is 0 Å². The second kappa shape index (κ2) is 14.7. The molecule has 1 fully saturated rings. The van der Waals surface area contributed by atoms with E-state index in [0.717, 1.165) is 25.9 Å². The lowest BCUT2D eigenvalue weighted by Gasteiger charge is -2.31. The van der Waals surface area contributed by atoms with Crippen molar-refractivity contribution in [1.82, 2.24) is 20.3 Å². The van der Waals surface area contributed by atoms with Crippen LogP contribution in [0, 0.1) is 29.0 Å². The minimum Gasteiger partial charge on any atom is -0.475 e. The number of aliphatic hydroxyl groups excluding tert-OH is 1. The van der Waals surface area contributed by atoms with Gasteiger partial charge in [-0.2, -0.15) is 23.4 Å². The van der Waals surface area contributed by atoms with Gasteiger partial charge in [0.15, 0.2) is 5.82 Å². The van der Waals surface area contributed by atoms with E-state index in [4.69, 9.17) is 26.8 Å². The van der Waals surface area contributed by atoms with Gasteiger partial charge in [-0.05, 0) is 56.0 Å². The van der Waals surface area contributed by atoms with Crippen LogP contribution < -0.4 is 10.4 Å². The first kappa shape index (κ1) is 32.7. The van der Waals surface area contributed by atoms with Crippen LogP contribution in [0.4, 0.5) is 23.4 Å². The number of hydrogen-bond donors (Lipinski definition) is 3. The maximum absolute atomic E-state index is 14.5. The molecule has 2 heterocycles. The summed E-state index contributed by atoms with van der Waals surface area (Å²) in [6.07, 6.45) is -2.03. The van der Waals surface area contributed by atoms with Gasteiger partial charge in [0, 0.05) is 30.8 Å². The van der Waals surface area contributed by atoms with Gasteiger partial charge >= 0.3 is 12.1 Å². The standard InChI is InChI=1S/C23H28ClFN6O2.C2HF3O2/c1-15(2)12-31(22-19(24)11-27-21(10-26)28-22)29-23(33)17-3-4-20(25)18(9-17)13-30-7-5-16(14-32)6-8-30;3-2(4,5)1(6)7/h3-4,9,11,15-16,32H,5-8,12-14H2,1-2H3,(H,29,33);(H,6,7). The topological polar surface area (TPSA) is 143 Å². The number of likely N-dealkylation sites (tertiary alicyclic amines) is 1. The number of nitriles is 1. The van der Waals surface area contributed by atoms with E-state index in [1.807, 2.05) is 19.9 Å². The molecule has 1 aromatic heterocycles. The van der Waals surface area contributed by atoms with Crippen molar-refractivity contribution in [3.05, 3.63) is 52.2 Å². The predicted octanol–water partition coefficient (Wildman–Crippen LogP) is 3.79. The molecule has 1 aliphatic rings. The molecular formula is C25H29ClF4N6O4. The van der Waals surface area contributed by atoms with E-state index in [-0.39, 0.29) is 35.0 Å². The Bertz CT molecular complexity index is 1220. The van der Waals surface area contributed by atoms with Crippen LogP contribution >= 0.6 is 11.6 Å². The van der Waals surface area contributed by atoms with E-state index in [1.54, 1.807) is 6.07 Å². The number of rotatable bonds is 8. The zero-order valence-electron chi connectivity index (χ0n) is 21.8. The molecule has 15 heteroatoms. The largest absolute Gasteiger partial charge is 0.490 e. The smallest absolute Gasteiger partial charge is 0.475 e. The van der Waals surface area contributed by atoms with Gasteiger partial charge in [-0.1, -0.05) is 25.4 Å². The summed E-state index contributed by atoms with van der Waals surface area (Å²) < 4.78 is 46.2. The SMILES string of the molecule is CC(C)CN(NC(=O)c1ccc(F)c(CN2CCC(CO)CC2)c1)c1nc(C#N)ncc1Cl.O=C(O)C(F)(F)F. The molecule has 3 N–H and O–H groups in total. The van der Waals surface area contributed by atoms with Crippen molar-refractivity contribution in [3.8, 4) is 6.07 Å². The van der Waals surface area contributed by atoms with E-state index < -0.39 is 18.1 Å². The van der Waals surface area contributed by atoms with Crippen molar-refractivity contribution in [3.63, 3.8) is 0 Å². The van der Waals surface area contributed by atoms with Crippen LogP contribution in [0.15, 0.2) is 24.4 Å². The number of aromatic nitrogens is 2. The van der Waals surface area contributed by atoms with Gasteiger partial charge in [0.2, 0.25) is 5.82 Å². The first-order valence-corrected chi connectivity index (χ1v) is 12.6. The summed E-state index contributed by atoms with van der Waals surface area (Å²) in [4.78, 5) is 32.0. The lowest BCUT2D eigenvalue weighted by molar-refractivity contribution is -0.192. The number of carboxylic acid groups (broad SMARTS) is 1. The Morgan fingerprint density at radius 2 is 1.93 bits per heavy atom. The second-order valence-electron chi connectivity index (χ2n) is 9.43. The summed E-state index contributed by atoms with van der Waals surface area (Å²) in [5, 5.41) is 27.2. The van der Waals surface area contributed by atoms with Crippen molar-refractivity contribution in [2.24, 2.45) is 11.8 Å². The summed E-state index contributed by atoms with van der Waals surface area (Å²) in [5.41, 5.74) is 3.52. The number of carbonyl (C=O) groups excluding carboxylic acids is 1. The Balaban J connectivity index is 0.000000708. The molecule has 0 aliphatic carbocycles. The molecule has 2 aromatic rings. The molecule has 1 amide bonds. The lowest BCUT2D eigenvalue weighted by Crippen LogP contribution is -2.45.